The molecule has 1 aliphatic rings. The van der Waals surface area contributed by atoms with E-state index in [-0.39, 0.29) is 12.4 Å². The summed E-state index contributed by atoms with van der Waals surface area (Å²) in [5.41, 5.74) is 8.45. The molecule has 2 heteroatoms. The summed E-state index contributed by atoms with van der Waals surface area (Å²) >= 11 is 0. The van der Waals surface area contributed by atoms with Crippen LogP contribution >= 0.6 is 12.4 Å². The third-order valence-electron chi connectivity index (χ3n) is 3.49. The first kappa shape index (κ1) is 13.5. The monoisotopic (exact) mass is 239 g/mol. The van der Waals surface area contributed by atoms with Gasteiger partial charge in [0.2, 0.25) is 0 Å². The molecule has 0 aromatic heterocycles. The van der Waals surface area contributed by atoms with Gasteiger partial charge in [0.15, 0.2) is 0 Å². The van der Waals surface area contributed by atoms with Gasteiger partial charge in [-0.3, -0.25) is 0 Å². The molecule has 1 aliphatic carbocycles. The topological polar surface area (TPSA) is 26.0 Å². The van der Waals surface area contributed by atoms with E-state index in [0.29, 0.717) is 0 Å². The normalized spacial score (nSPS) is 16.8. The Labute approximate surface area is 105 Å². The molecule has 0 radical (unpaired) electrons. The van der Waals surface area contributed by atoms with Crippen molar-refractivity contribution in [1.29, 1.82) is 0 Å². The van der Waals surface area contributed by atoms with Gasteiger partial charge in [0.1, 0.15) is 0 Å². The maximum Gasteiger partial charge on any atom is -0.00367 e. The van der Waals surface area contributed by atoms with Crippen LogP contribution in [0.2, 0.25) is 0 Å². The average Bonchev–Trinajstić information content (AvgIpc) is 2.32. The van der Waals surface area contributed by atoms with Crippen LogP contribution in [0, 0.1) is 0 Å². The zero-order valence-corrected chi connectivity index (χ0v) is 10.6. The van der Waals surface area contributed by atoms with Gasteiger partial charge in [-0.2, -0.15) is 0 Å². The second kappa shape index (κ2) is 6.93. The zero-order valence-electron chi connectivity index (χ0n) is 9.82. The molecule has 1 aromatic carbocycles. The molecule has 2 N–H and O–H groups in total. The Morgan fingerprint density at radius 1 is 1.00 bits per heavy atom. The first-order valence-electron chi connectivity index (χ1n) is 6.19. The number of halogens is 1. The van der Waals surface area contributed by atoms with Crippen molar-refractivity contribution in [2.75, 3.05) is 6.54 Å². The Morgan fingerprint density at radius 3 is 2.19 bits per heavy atom. The fraction of sp³-hybridized carbons (Fsp3) is 0.571. The number of rotatable bonds is 3. The van der Waals surface area contributed by atoms with Gasteiger partial charge in [-0.25, -0.2) is 0 Å². The van der Waals surface area contributed by atoms with Crippen LogP contribution < -0.4 is 5.73 Å². The molecular weight excluding hydrogens is 218 g/mol. The lowest BCUT2D eigenvalue weighted by Gasteiger charge is -2.22. The van der Waals surface area contributed by atoms with Gasteiger partial charge in [0.05, 0.1) is 0 Å². The Hall–Kier alpha value is -0.530. The third-order valence-corrected chi connectivity index (χ3v) is 3.49. The van der Waals surface area contributed by atoms with E-state index in [4.69, 9.17) is 5.73 Å². The first-order valence-corrected chi connectivity index (χ1v) is 6.19. The fourth-order valence-corrected chi connectivity index (χ4v) is 2.56. The summed E-state index contributed by atoms with van der Waals surface area (Å²) in [5, 5.41) is 0. The van der Waals surface area contributed by atoms with Gasteiger partial charge < -0.3 is 5.73 Å². The van der Waals surface area contributed by atoms with Crippen molar-refractivity contribution in [1.82, 2.24) is 0 Å². The molecule has 1 nitrogen and oxygen atoms in total. The molecule has 0 saturated heterocycles. The van der Waals surface area contributed by atoms with E-state index < -0.39 is 0 Å². The second-order valence-electron chi connectivity index (χ2n) is 4.62. The van der Waals surface area contributed by atoms with E-state index in [1.165, 1.54) is 43.2 Å². The van der Waals surface area contributed by atoms with Crippen molar-refractivity contribution < 1.29 is 0 Å². The van der Waals surface area contributed by atoms with Gasteiger partial charge in [0, 0.05) is 0 Å². The molecule has 1 saturated carbocycles. The highest BCUT2D eigenvalue weighted by Crippen LogP contribution is 2.32. The number of hydrogen-bond acceptors (Lipinski definition) is 1. The summed E-state index contributed by atoms with van der Waals surface area (Å²) in [7, 11) is 0. The molecule has 0 spiro atoms. The van der Waals surface area contributed by atoms with Crippen molar-refractivity contribution in [3.05, 3.63) is 35.4 Å². The SMILES string of the molecule is Cl.NCCc1ccc(C2CCCCC2)cc1. The second-order valence-corrected chi connectivity index (χ2v) is 4.62. The predicted molar refractivity (Wildman–Crippen MR) is 72.3 cm³/mol. The Balaban J connectivity index is 0.00000128. The standard InChI is InChI=1S/C14H21N.ClH/c15-11-10-12-6-8-14(9-7-12)13-4-2-1-3-5-13;/h6-9,13H,1-5,10-11,15H2;1H. The lowest BCUT2D eigenvalue weighted by molar-refractivity contribution is 0.443. The Morgan fingerprint density at radius 2 is 1.62 bits per heavy atom. The molecular formula is C14H22ClN. The average molecular weight is 240 g/mol. The van der Waals surface area contributed by atoms with Gasteiger partial charge in [-0.1, -0.05) is 43.5 Å². The molecule has 0 bridgehead atoms. The lowest BCUT2D eigenvalue weighted by Crippen LogP contribution is -2.05. The van der Waals surface area contributed by atoms with Crippen LogP contribution in [0.4, 0.5) is 0 Å². The highest BCUT2D eigenvalue weighted by atomic mass is 35.5. The quantitative estimate of drug-likeness (QED) is 0.856. The van der Waals surface area contributed by atoms with Crippen LogP contribution in [0.5, 0.6) is 0 Å². The van der Waals surface area contributed by atoms with Crippen molar-refractivity contribution >= 4 is 12.4 Å². The van der Waals surface area contributed by atoms with Gasteiger partial charge in [-0.05, 0) is 42.9 Å². The molecule has 90 valence electrons. The van der Waals surface area contributed by atoms with Crippen molar-refractivity contribution in [2.45, 2.75) is 44.4 Å². The van der Waals surface area contributed by atoms with Gasteiger partial charge in [0.25, 0.3) is 0 Å². The first-order chi connectivity index (χ1) is 7.40. The van der Waals surface area contributed by atoms with Crippen molar-refractivity contribution in [3.8, 4) is 0 Å². The van der Waals surface area contributed by atoms with Crippen LogP contribution in [-0.4, -0.2) is 6.54 Å². The van der Waals surface area contributed by atoms with Crippen LogP contribution in [0.15, 0.2) is 24.3 Å². The largest absolute Gasteiger partial charge is 0.330 e. The van der Waals surface area contributed by atoms with E-state index in [1.807, 2.05) is 0 Å². The highest BCUT2D eigenvalue weighted by Gasteiger charge is 2.14. The van der Waals surface area contributed by atoms with Gasteiger partial charge in [-0.15, -0.1) is 12.4 Å². The maximum atomic E-state index is 5.54. The van der Waals surface area contributed by atoms with E-state index in [9.17, 15) is 0 Å². The minimum atomic E-state index is 0. The van der Waals surface area contributed by atoms with Crippen LogP contribution in [0.25, 0.3) is 0 Å². The fourth-order valence-electron chi connectivity index (χ4n) is 2.56. The summed E-state index contributed by atoms with van der Waals surface area (Å²) < 4.78 is 0. The minimum Gasteiger partial charge on any atom is -0.330 e. The van der Waals surface area contributed by atoms with E-state index in [0.717, 1.165) is 18.9 Å². The van der Waals surface area contributed by atoms with Crippen molar-refractivity contribution in [2.24, 2.45) is 5.73 Å². The maximum absolute atomic E-state index is 5.54. The highest BCUT2D eigenvalue weighted by molar-refractivity contribution is 5.85. The Bertz CT molecular complexity index is 288. The minimum absolute atomic E-state index is 0. The zero-order chi connectivity index (χ0) is 10.5. The summed E-state index contributed by atoms with van der Waals surface area (Å²) in [4.78, 5) is 0. The molecule has 2 rings (SSSR count). The number of hydrogen-bond donors (Lipinski definition) is 1. The molecule has 0 amide bonds. The molecule has 0 heterocycles. The summed E-state index contributed by atoms with van der Waals surface area (Å²) in [5.74, 6) is 0.825. The van der Waals surface area contributed by atoms with Gasteiger partial charge >= 0.3 is 0 Å². The van der Waals surface area contributed by atoms with Crippen LogP contribution in [0.1, 0.15) is 49.1 Å². The summed E-state index contributed by atoms with van der Waals surface area (Å²) in [6.07, 6.45) is 8.03. The molecule has 0 aliphatic heterocycles. The molecule has 16 heavy (non-hydrogen) atoms. The molecule has 0 atom stereocenters. The van der Waals surface area contributed by atoms with Crippen molar-refractivity contribution in [3.63, 3.8) is 0 Å². The Kier molecular flexibility index (Phi) is 5.86. The van der Waals surface area contributed by atoms with E-state index >= 15 is 0 Å². The predicted octanol–water partition coefficient (Wildman–Crippen LogP) is 3.66. The number of benzene rings is 1. The smallest absolute Gasteiger partial charge is 0.00367 e. The van der Waals surface area contributed by atoms with Crippen LogP contribution in [0.3, 0.4) is 0 Å². The molecule has 1 fully saturated rings. The van der Waals surface area contributed by atoms with E-state index in [2.05, 4.69) is 24.3 Å². The lowest BCUT2D eigenvalue weighted by atomic mass is 9.84. The molecule has 0 unspecified atom stereocenters. The van der Waals surface area contributed by atoms with Crippen LogP contribution in [-0.2, 0) is 6.42 Å². The van der Waals surface area contributed by atoms with E-state index in [1.54, 1.807) is 0 Å². The third kappa shape index (κ3) is 3.50. The molecule has 1 aromatic rings. The number of nitrogens with two attached hydrogens (primary N) is 1. The summed E-state index contributed by atoms with van der Waals surface area (Å²) in [6.45, 7) is 0.753. The summed E-state index contributed by atoms with van der Waals surface area (Å²) in [6, 6.07) is 9.11.